The van der Waals surface area contributed by atoms with Gasteiger partial charge in [0.15, 0.2) is 0 Å². The van der Waals surface area contributed by atoms with Crippen LogP contribution < -0.4 is 10.6 Å². The van der Waals surface area contributed by atoms with E-state index in [4.69, 9.17) is 15.7 Å². The van der Waals surface area contributed by atoms with Crippen LogP contribution >= 0.6 is 0 Å². The van der Waals surface area contributed by atoms with Crippen molar-refractivity contribution in [1.82, 2.24) is 0 Å². The standard InChI is InChI=1S/C14H19N3O2/c1-19-13(11-16)10-14(18)17(9-5-8-15)12-6-3-2-4-7-12/h2-4,6-7,13H,5,9-11,16H2,1H3. The van der Waals surface area contributed by atoms with Gasteiger partial charge in [-0.1, -0.05) is 18.2 Å². The van der Waals surface area contributed by atoms with Crippen LogP contribution in [0.3, 0.4) is 0 Å². The molecule has 0 saturated heterocycles. The van der Waals surface area contributed by atoms with Gasteiger partial charge >= 0.3 is 0 Å². The topological polar surface area (TPSA) is 79.3 Å². The number of carbonyl (C=O) groups excluding carboxylic acids is 1. The van der Waals surface area contributed by atoms with Crippen LogP contribution in [-0.4, -0.2) is 32.2 Å². The van der Waals surface area contributed by atoms with Gasteiger partial charge in [-0.05, 0) is 12.1 Å². The van der Waals surface area contributed by atoms with Gasteiger partial charge in [0, 0.05) is 25.9 Å². The lowest BCUT2D eigenvalue weighted by Crippen LogP contribution is -2.36. The molecule has 2 N–H and O–H groups in total. The van der Waals surface area contributed by atoms with Gasteiger partial charge in [0.05, 0.1) is 25.0 Å². The summed E-state index contributed by atoms with van der Waals surface area (Å²) in [6.45, 7) is 0.670. The van der Waals surface area contributed by atoms with E-state index in [0.29, 0.717) is 19.5 Å². The summed E-state index contributed by atoms with van der Waals surface area (Å²) < 4.78 is 5.12. The number of hydrogen-bond donors (Lipinski definition) is 1. The van der Waals surface area contributed by atoms with E-state index in [1.165, 1.54) is 7.11 Å². The number of rotatable bonds is 7. The van der Waals surface area contributed by atoms with Crippen LogP contribution in [0.2, 0.25) is 0 Å². The van der Waals surface area contributed by atoms with Crippen molar-refractivity contribution in [1.29, 1.82) is 5.26 Å². The Morgan fingerprint density at radius 2 is 2.16 bits per heavy atom. The van der Waals surface area contributed by atoms with E-state index >= 15 is 0 Å². The summed E-state index contributed by atoms with van der Waals surface area (Å²) in [6.07, 6.45) is 0.217. The smallest absolute Gasteiger partial charge is 0.229 e. The summed E-state index contributed by atoms with van der Waals surface area (Å²) in [6, 6.07) is 11.4. The minimum absolute atomic E-state index is 0.0845. The predicted molar refractivity (Wildman–Crippen MR) is 73.5 cm³/mol. The van der Waals surface area contributed by atoms with Crippen molar-refractivity contribution < 1.29 is 9.53 Å². The van der Waals surface area contributed by atoms with E-state index in [0.717, 1.165) is 5.69 Å². The van der Waals surface area contributed by atoms with Crippen molar-refractivity contribution >= 4 is 11.6 Å². The first kappa shape index (κ1) is 15.2. The van der Waals surface area contributed by atoms with Crippen LogP contribution in [0.15, 0.2) is 30.3 Å². The van der Waals surface area contributed by atoms with E-state index in [9.17, 15) is 4.79 Å². The maximum Gasteiger partial charge on any atom is 0.229 e. The van der Waals surface area contributed by atoms with E-state index in [-0.39, 0.29) is 18.4 Å². The number of amides is 1. The molecule has 1 aromatic rings. The Morgan fingerprint density at radius 1 is 1.47 bits per heavy atom. The zero-order valence-electron chi connectivity index (χ0n) is 11.1. The number of nitriles is 1. The zero-order valence-corrected chi connectivity index (χ0v) is 11.1. The fraction of sp³-hybridized carbons (Fsp3) is 0.429. The first-order valence-electron chi connectivity index (χ1n) is 6.18. The molecule has 0 aliphatic heterocycles. The molecular weight excluding hydrogens is 242 g/mol. The second-order valence-corrected chi connectivity index (χ2v) is 4.09. The van der Waals surface area contributed by atoms with Gasteiger partial charge in [-0.2, -0.15) is 5.26 Å². The summed E-state index contributed by atoms with van der Waals surface area (Å²) in [7, 11) is 1.53. The summed E-state index contributed by atoms with van der Waals surface area (Å²) in [5.74, 6) is -0.0845. The van der Waals surface area contributed by atoms with Crippen molar-refractivity contribution in [3.8, 4) is 6.07 Å². The highest BCUT2D eigenvalue weighted by atomic mass is 16.5. The van der Waals surface area contributed by atoms with Crippen LogP contribution in [0.4, 0.5) is 5.69 Å². The first-order chi connectivity index (χ1) is 9.22. The van der Waals surface area contributed by atoms with Crippen LogP contribution in [0.5, 0.6) is 0 Å². The number of benzene rings is 1. The highest BCUT2D eigenvalue weighted by molar-refractivity contribution is 5.93. The Bertz CT molecular complexity index is 424. The molecule has 5 heteroatoms. The third-order valence-corrected chi connectivity index (χ3v) is 2.81. The molecule has 1 rings (SSSR count). The van der Waals surface area contributed by atoms with Crippen molar-refractivity contribution in [2.45, 2.75) is 18.9 Å². The lowest BCUT2D eigenvalue weighted by molar-refractivity contribution is -0.120. The molecule has 0 aliphatic rings. The molecule has 1 unspecified atom stereocenters. The molecule has 0 aliphatic carbocycles. The van der Waals surface area contributed by atoms with Crippen molar-refractivity contribution in [3.05, 3.63) is 30.3 Å². The normalized spacial score (nSPS) is 11.6. The van der Waals surface area contributed by atoms with Crippen LogP contribution in [-0.2, 0) is 9.53 Å². The van der Waals surface area contributed by atoms with Crippen LogP contribution in [0, 0.1) is 11.3 Å². The van der Waals surface area contributed by atoms with Gasteiger partial charge in [-0.25, -0.2) is 0 Å². The van der Waals surface area contributed by atoms with Gasteiger partial charge in [-0.3, -0.25) is 4.79 Å². The number of nitrogens with two attached hydrogens (primary N) is 1. The number of hydrogen-bond acceptors (Lipinski definition) is 4. The van der Waals surface area contributed by atoms with E-state index in [1.807, 2.05) is 30.3 Å². The minimum atomic E-state index is -0.291. The summed E-state index contributed by atoms with van der Waals surface area (Å²) in [5.41, 5.74) is 6.31. The summed E-state index contributed by atoms with van der Waals surface area (Å²) in [5, 5.41) is 8.69. The molecule has 19 heavy (non-hydrogen) atoms. The summed E-state index contributed by atoms with van der Waals surface area (Å²) in [4.78, 5) is 13.9. The molecule has 0 aromatic heterocycles. The number of nitrogens with zero attached hydrogens (tertiary/aromatic N) is 2. The maximum absolute atomic E-state index is 12.3. The number of para-hydroxylation sites is 1. The molecule has 0 radical (unpaired) electrons. The van der Waals surface area contributed by atoms with Crippen LogP contribution in [0.1, 0.15) is 12.8 Å². The highest BCUT2D eigenvalue weighted by Crippen LogP contribution is 2.15. The van der Waals surface area contributed by atoms with Crippen molar-refractivity contribution in [2.24, 2.45) is 5.73 Å². The van der Waals surface area contributed by atoms with Gasteiger partial charge in [0.2, 0.25) is 5.91 Å². The lowest BCUT2D eigenvalue weighted by Gasteiger charge is -2.23. The van der Waals surface area contributed by atoms with Crippen LogP contribution in [0.25, 0.3) is 0 Å². The molecule has 0 spiro atoms. The minimum Gasteiger partial charge on any atom is -0.380 e. The average molecular weight is 261 g/mol. The van der Waals surface area contributed by atoms with Gasteiger partial charge < -0.3 is 15.4 Å². The fourth-order valence-corrected chi connectivity index (χ4v) is 1.74. The number of methoxy groups -OCH3 is 1. The quantitative estimate of drug-likeness (QED) is 0.802. The predicted octanol–water partition coefficient (Wildman–Crippen LogP) is 1.30. The first-order valence-corrected chi connectivity index (χ1v) is 6.18. The van der Waals surface area contributed by atoms with E-state index in [1.54, 1.807) is 4.90 Å². The average Bonchev–Trinajstić information content (AvgIpc) is 2.46. The monoisotopic (exact) mass is 261 g/mol. The molecule has 1 aromatic carbocycles. The van der Waals surface area contributed by atoms with E-state index < -0.39 is 0 Å². The third kappa shape index (κ3) is 4.70. The molecule has 1 atom stereocenters. The number of ether oxygens (including phenoxy) is 1. The van der Waals surface area contributed by atoms with Gasteiger partial charge in [0.1, 0.15) is 0 Å². The Morgan fingerprint density at radius 3 is 2.68 bits per heavy atom. The molecule has 0 heterocycles. The fourth-order valence-electron chi connectivity index (χ4n) is 1.74. The molecule has 5 nitrogen and oxygen atoms in total. The Kier molecular flexibility index (Phi) is 6.58. The Balaban J connectivity index is 2.79. The zero-order chi connectivity index (χ0) is 14.1. The van der Waals surface area contributed by atoms with Crippen molar-refractivity contribution in [2.75, 3.05) is 25.1 Å². The molecule has 0 bridgehead atoms. The second kappa shape index (κ2) is 8.25. The Hall–Kier alpha value is -1.90. The van der Waals surface area contributed by atoms with Crippen molar-refractivity contribution in [3.63, 3.8) is 0 Å². The largest absolute Gasteiger partial charge is 0.380 e. The van der Waals surface area contributed by atoms with Gasteiger partial charge in [-0.15, -0.1) is 0 Å². The molecule has 0 saturated carbocycles. The highest BCUT2D eigenvalue weighted by Gasteiger charge is 2.19. The molecule has 0 fully saturated rings. The number of anilines is 1. The Labute approximate surface area is 113 Å². The SMILES string of the molecule is COC(CN)CC(=O)N(CCC#N)c1ccccc1. The third-order valence-electron chi connectivity index (χ3n) is 2.81. The number of carbonyl (C=O) groups is 1. The summed E-state index contributed by atoms with van der Waals surface area (Å²) >= 11 is 0. The molecule has 102 valence electrons. The van der Waals surface area contributed by atoms with Gasteiger partial charge in [0.25, 0.3) is 0 Å². The second-order valence-electron chi connectivity index (χ2n) is 4.09. The maximum atomic E-state index is 12.3. The van der Waals surface area contributed by atoms with E-state index in [2.05, 4.69) is 6.07 Å². The molecule has 1 amide bonds. The molecular formula is C14H19N3O2. The lowest BCUT2D eigenvalue weighted by atomic mass is 10.2.